The molecule has 2 rings (SSSR count). The molecule has 1 saturated carbocycles. The third kappa shape index (κ3) is 3.79. The maximum Gasteiger partial charge on any atom is 0.151 e. The number of ether oxygens (including phenoxy) is 1. The van der Waals surface area contributed by atoms with Gasteiger partial charge in [0.1, 0.15) is 11.1 Å². The van der Waals surface area contributed by atoms with E-state index in [-0.39, 0.29) is 11.5 Å². The summed E-state index contributed by atoms with van der Waals surface area (Å²) in [7, 11) is 0. The quantitative estimate of drug-likeness (QED) is 0.600. The van der Waals surface area contributed by atoms with Crippen LogP contribution in [0.5, 0.6) is 5.75 Å². The molecule has 0 spiro atoms. The first-order valence-electron chi connectivity index (χ1n) is 6.59. The lowest BCUT2D eigenvalue weighted by Crippen LogP contribution is -2.31. The number of hydrogen-bond acceptors (Lipinski definition) is 3. The standard InChI is InChI=1S/C14H20ClNOS/c1-10(2)18-14-13(8-5-9-16-14)17-12-7-4-3-6-11(12)15/h5,8-12H,3-4,6-7H2,1-2H3. The monoisotopic (exact) mass is 285 g/mol. The number of hydrogen-bond donors (Lipinski definition) is 0. The van der Waals surface area contributed by atoms with Gasteiger partial charge in [0.2, 0.25) is 0 Å². The van der Waals surface area contributed by atoms with E-state index >= 15 is 0 Å². The van der Waals surface area contributed by atoms with Gasteiger partial charge in [0.15, 0.2) is 5.75 Å². The van der Waals surface area contributed by atoms with Crippen molar-refractivity contribution in [2.75, 3.05) is 0 Å². The number of thioether (sulfide) groups is 1. The highest BCUT2D eigenvalue weighted by molar-refractivity contribution is 7.99. The summed E-state index contributed by atoms with van der Waals surface area (Å²) >= 11 is 8.07. The van der Waals surface area contributed by atoms with Crippen LogP contribution < -0.4 is 4.74 Å². The van der Waals surface area contributed by atoms with Gasteiger partial charge in [-0.15, -0.1) is 11.6 Å². The molecule has 1 aliphatic rings. The van der Waals surface area contributed by atoms with Crippen molar-refractivity contribution in [3.63, 3.8) is 0 Å². The van der Waals surface area contributed by atoms with Crippen LogP contribution in [-0.4, -0.2) is 21.7 Å². The molecule has 0 aliphatic heterocycles. The Hall–Kier alpha value is -0.410. The zero-order valence-corrected chi connectivity index (χ0v) is 12.5. The average molecular weight is 286 g/mol. The molecule has 2 unspecified atom stereocenters. The summed E-state index contributed by atoms with van der Waals surface area (Å²) in [5, 5.41) is 1.61. The highest BCUT2D eigenvalue weighted by Gasteiger charge is 2.25. The predicted molar refractivity (Wildman–Crippen MR) is 77.8 cm³/mol. The molecule has 1 aliphatic carbocycles. The first kappa shape index (κ1) is 14.0. The smallest absolute Gasteiger partial charge is 0.151 e. The average Bonchev–Trinajstić information content (AvgIpc) is 2.34. The van der Waals surface area contributed by atoms with E-state index in [2.05, 4.69) is 18.8 Å². The molecular weight excluding hydrogens is 266 g/mol. The second kappa shape index (κ2) is 6.67. The van der Waals surface area contributed by atoms with Crippen molar-refractivity contribution in [1.82, 2.24) is 4.98 Å². The van der Waals surface area contributed by atoms with Gasteiger partial charge in [-0.25, -0.2) is 4.98 Å². The van der Waals surface area contributed by atoms with E-state index < -0.39 is 0 Å². The fourth-order valence-corrected chi connectivity index (χ4v) is 3.26. The minimum atomic E-state index is 0.135. The summed E-state index contributed by atoms with van der Waals surface area (Å²) in [6, 6.07) is 3.92. The van der Waals surface area contributed by atoms with Crippen molar-refractivity contribution in [2.24, 2.45) is 0 Å². The van der Waals surface area contributed by atoms with Crippen molar-refractivity contribution in [1.29, 1.82) is 0 Å². The van der Waals surface area contributed by atoms with Crippen LogP contribution >= 0.6 is 23.4 Å². The number of rotatable bonds is 4. The van der Waals surface area contributed by atoms with E-state index in [0.717, 1.165) is 23.6 Å². The summed E-state index contributed by atoms with van der Waals surface area (Å²) in [5.74, 6) is 0.883. The highest BCUT2D eigenvalue weighted by Crippen LogP contribution is 2.33. The van der Waals surface area contributed by atoms with Crippen LogP contribution in [0, 0.1) is 0 Å². The molecule has 0 N–H and O–H groups in total. The van der Waals surface area contributed by atoms with Crippen LogP contribution in [0.1, 0.15) is 39.5 Å². The molecule has 0 radical (unpaired) electrons. The van der Waals surface area contributed by atoms with E-state index in [9.17, 15) is 0 Å². The summed E-state index contributed by atoms with van der Waals surface area (Å²) in [6.07, 6.45) is 6.48. The van der Waals surface area contributed by atoms with Crippen LogP contribution in [0.3, 0.4) is 0 Å². The molecular formula is C14H20ClNOS. The lowest BCUT2D eigenvalue weighted by Gasteiger charge is -2.28. The van der Waals surface area contributed by atoms with Crippen molar-refractivity contribution in [2.45, 2.75) is 61.3 Å². The minimum absolute atomic E-state index is 0.135. The lowest BCUT2D eigenvalue weighted by molar-refractivity contribution is 0.154. The SMILES string of the molecule is CC(C)Sc1ncccc1OC1CCCCC1Cl. The molecule has 0 bridgehead atoms. The molecule has 4 heteroatoms. The van der Waals surface area contributed by atoms with Crippen molar-refractivity contribution < 1.29 is 4.74 Å². The van der Waals surface area contributed by atoms with E-state index in [0.29, 0.717) is 5.25 Å². The fraction of sp³-hybridized carbons (Fsp3) is 0.643. The Labute approximate surface area is 118 Å². The second-order valence-corrected chi connectivity index (χ2v) is 7.06. The Morgan fingerprint density at radius 3 is 2.89 bits per heavy atom. The lowest BCUT2D eigenvalue weighted by atomic mass is 9.97. The van der Waals surface area contributed by atoms with Gasteiger partial charge in [-0.2, -0.15) is 0 Å². The van der Waals surface area contributed by atoms with E-state index in [4.69, 9.17) is 16.3 Å². The number of nitrogens with zero attached hydrogens (tertiary/aromatic N) is 1. The van der Waals surface area contributed by atoms with Gasteiger partial charge in [0.05, 0.1) is 5.38 Å². The molecule has 2 atom stereocenters. The topological polar surface area (TPSA) is 22.1 Å². The Kier molecular flexibility index (Phi) is 5.19. The first-order chi connectivity index (χ1) is 8.66. The normalized spacial score (nSPS) is 24.2. The molecule has 100 valence electrons. The fourth-order valence-electron chi connectivity index (χ4n) is 2.12. The summed E-state index contributed by atoms with van der Waals surface area (Å²) in [5.41, 5.74) is 0. The maximum absolute atomic E-state index is 6.34. The van der Waals surface area contributed by atoms with Gasteiger partial charge in [0, 0.05) is 11.4 Å². The van der Waals surface area contributed by atoms with E-state index in [1.165, 1.54) is 12.8 Å². The third-order valence-corrected chi connectivity index (χ3v) is 4.48. The first-order valence-corrected chi connectivity index (χ1v) is 7.91. The number of aromatic nitrogens is 1. The minimum Gasteiger partial charge on any atom is -0.486 e. The third-order valence-electron chi connectivity index (χ3n) is 2.98. The summed E-state index contributed by atoms with van der Waals surface area (Å²) < 4.78 is 6.08. The van der Waals surface area contributed by atoms with Gasteiger partial charge in [-0.05, 0) is 31.4 Å². The molecule has 18 heavy (non-hydrogen) atoms. The van der Waals surface area contributed by atoms with Gasteiger partial charge >= 0.3 is 0 Å². The Bertz CT molecular complexity index is 386. The zero-order chi connectivity index (χ0) is 13.0. The van der Waals surface area contributed by atoms with Crippen LogP contribution in [0.15, 0.2) is 23.4 Å². The van der Waals surface area contributed by atoms with Crippen molar-refractivity contribution >= 4 is 23.4 Å². The Morgan fingerprint density at radius 2 is 2.17 bits per heavy atom. The molecule has 1 heterocycles. The van der Waals surface area contributed by atoms with Gasteiger partial charge < -0.3 is 4.74 Å². The van der Waals surface area contributed by atoms with Gasteiger partial charge in [0.25, 0.3) is 0 Å². The van der Waals surface area contributed by atoms with Gasteiger partial charge in [-0.1, -0.05) is 32.0 Å². The molecule has 0 saturated heterocycles. The van der Waals surface area contributed by atoms with E-state index in [1.807, 2.05) is 18.3 Å². The van der Waals surface area contributed by atoms with Crippen LogP contribution in [0.4, 0.5) is 0 Å². The molecule has 2 nitrogen and oxygen atoms in total. The van der Waals surface area contributed by atoms with Crippen LogP contribution in [0.2, 0.25) is 0 Å². The number of halogens is 1. The molecule has 1 fully saturated rings. The van der Waals surface area contributed by atoms with Crippen molar-refractivity contribution in [3.05, 3.63) is 18.3 Å². The Morgan fingerprint density at radius 1 is 1.39 bits per heavy atom. The molecule has 1 aromatic heterocycles. The summed E-state index contributed by atoms with van der Waals surface area (Å²) in [4.78, 5) is 4.40. The predicted octanol–water partition coefficient (Wildman–Crippen LogP) is 4.51. The van der Waals surface area contributed by atoms with E-state index in [1.54, 1.807) is 11.8 Å². The molecule has 1 aromatic rings. The molecule has 0 amide bonds. The van der Waals surface area contributed by atoms with Gasteiger partial charge in [-0.3, -0.25) is 0 Å². The summed E-state index contributed by atoms with van der Waals surface area (Å²) in [6.45, 7) is 4.32. The number of alkyl halides is 1. The Balaban J connectivity index is 2.07. The largest absolute Gasteiger partial charge is 0.486 e. The van der Waals surface area contributed by atoms with Crippen molar-refractivity contribution in [3.8, 4) is 5.75 Å². The van der Waals surface area contributed by atoms with Crippen LogP contribution in [0.25, 0.3) is 0 Å². The zero-order valence-electron chi connectivity index (χ0n) is 10.9. The maximum atomic E-state index is 6.34. The van der Waals surface area contributed by atoms with Crippen LogP contribution in [-0.2, 0) is 0 Å². The number of pyridine rings is 1. The molecule has 0 aromatic carbocycles. The second-order valence-electron chi connectivity index (χ2n) is 4.93. The highest BCUT2D eigenvalue weighted by atomic mass is 35.5.